The summed E-state index contributed by atoms with van der Waals surface area (Å²) in [6, 6.07) is 2.59. The van der Waals surface area contributed by atoms with Gasteiger partial charge in [0.1, 0.15) is 17.5 Å². The van der Waals surface area contributed by atoms with Gasteiger partial charge in [-0.15, -0.1) is 0 Å². The quantitative estimate of drug-likeness (QED) is 0.827. The van der Waals surface area contributed by atoms with Gasteiger partial charge in [0, 0.05) is 38.8 Å². The monoisotopic (exact) mass is 235 g/mol. The lowest BCUT2D eigenvalue weighted by Crippen LogP contribution is -2.50. The van der Waals surface area contributed by atoms with Crippen molar-refractivity contribution in [2.45, 2.75) is 19.9 Å². The summed E-state index contributed by atoms with van der Waals surface area (Å²) in [4.78, 5) is 13.6. The van der Waals surface area contributed by atoms with Crippen LogP contribution in [0.15, 0.2) is 6.07 Å². The average molecular weight is 235 g/mol. The summed E-state index contributed by atoms with van der Waals surface area (Å²) in [6.45, 7) is 7.32. The number of aromatic nitrogens is 2. The maximum atomic E-state index is 4.52. The fraction of sp³-hybridized carbons (Fsp3) is 0.667. The van der Waals surface area contributed by atoms with E-state index in [1.807, 2.05) is 20.0 Å². The van der Waals surface area contributed by atoms with Gasteiger partial charge >= 0.3 is 0 Å². The highest BCUT2D eigenvalue weighted by Crippen LogP contribution is 2.18. The molecule has 0 aromatic carbocycles. The van der Waals surface area contributed by atoms with Crippen LogP contribution in [0.4, 0.5) is 11.6 Å². The highest BCUT2D eigenvalue weighted by molar-refractivity contribution is 5.49. The molecular weight excluding hydrogens is 214 g/mol. The van der Waals surface area contributed by atoms with Crippen molar-refractivity contribution in [3.63, 3.8) is 0 Å². The second-order valence-electron chi connectivity index (χ2n) is 4.68. The van der Waals surface area contributed by atoms with E-state index in [4.69, 9.17) is 0 Å². The van der Waals surface area contributed by atoms with E-state index in [1.165, 1.54) is 0 Å². The number of piperazine rings is 1. The first-order chi connectivity index (χ1) is 8.10. The molecule has 1 saturated heterocycles. The maximum absolute atomic E-state index is 4.52. The van der Waals surface area contributed by atoms with Crippen LogP contribution in [-0.4, -0.2) is 54.6 Å². The Hall–Kier alpha value is -1.36. The summed E-state index contributed by atoms with van der Waals surface area (Å²) in [5.74, 6) is 2.74. The van der Waals surface area contributed by atoms with Gasteiger partial charge in [0.25, 0.3) is 0 Å². The van der Waals surface area contributed by atoms with Gasteiger partial charge in [-0.2, -0.15) is 0 Å². The maximum Gasteiger partial charge on any atom is 0.134 e. The number of aryl methyl sites for hydroxylation is 1. The third-order valence-electron chi connectivity index (χ3n) is 3.36. The molecule has 1 atom stereocenters. The zero-order chi connectivity index (χ0) is 12.4. The lowest BCUT2D eigenvalue weighted by atomic mass is 10.2. The second-order valence-corrected chi connectivity index (χ2v) is 4.68. The van der Waals surface area contributed by atoms with Crippen LogP contribution in [0, 0.1) is 6.92 Å². The van der Waals surface area contributed by atoms with Crippen LogP contribution < -0.4 is 10.2 Å². The molecule has 1 aromatic heterocycles. The minimum Gasteiger partial charge on any atom is -0.373 e. The molecule has 1 aliphatic rings. The molecule has 0 radical (unpaired) electrons. The second kappa shape index (κ2) is 4.87. The van der Waals surface area contributed by atoms with Crippen molar-refractivity contribution < 1.29 is 0 Å². The van der Waals surface area contributed by atoms with Gasteiger partial charge in [-0.05, 0) is 20.9 Å². The van der Waals surface area contributed by atoms with Crippen molar-refractivity contribution in [1.82, 2.24) is 14.9 Å². The molecule has 0 saturated carbocycles. The molecule has 1 N–H and O–H groups in total. The Bertz CT molecular complexity index is 392. The van der Waals surface area contributed by atoms with Crippen LogP contribution in [-0.2, 0) is 0 Å². The molecule has 1 fully saturated rings. The van der Waals surface area contributed by atoms with Gasteiger partial charge in [0.2, 0.25) is 0 Å². The van der Waals surface area contributed by atoms with E-state index < -0.39 is 0 Å². The van der Waals surface area contributed by atoms with E-state index in [9.17, 15) is 0 Å². The summed E-state index contributed by atoms with van der Waals surface area (Å²) in [6.07, 6.45) is 0. The Labute approximate surface area is 103 Å². The number of hydrogen-bond acceptors (Lipinski definition) is 5. The standard InChI is InChI=1S/C12H21N5/c1-9-8-17(6-5-16(9)4)12-7-11(13-3)14-10(2)15-12/h7,9H,5-6,8H2,1-4H3,(H,13,14,15). The minimum absolute atomic E-state index is 0.567. The van der Waals surface area contributed by atoms with Crippen molar-refractivity contribution in [2.75, 3.05) is 43.9 Å². The van der Waals surface area contributed by atoms with Crippen LogP contribution in [0.1, 0.15) is 12.7 Å². The summed E-state index contributed by atoms with van der Waals surface area (Å²) < 4.78 is 0. The number of hydrogen-bond donors (Lipinski definition) is 1. The van der Waals surface area contributed by atoms with Crippen molar-refractivity contribution in [3.05, 3.63) is 11.9 Å². The van der Waals surface area contributed by atoms with E-state index in [2.05, 4.69) is 39.1 Å². The highest BCUT2D eigenvalue weighted by atomic mass is 15.3. The van der Waals surface area contributed by atoms with Crippen LogP contribution >= 0.6 is 0 Å². The third-order valence-corrected chi connectivity index (χ3v) is 3.36. The van der Waals surface area contributed by atoms with Gasteiger partial charge in [0.05, 0.1) is 0 Å². The van der Waals surface area contributed by atoms with Crippen LogP contribution in [0.25, 0.3) is 0 Å². The van der Waals surface area contributed by atoms with Crippen LogP contribution in [0.2, 0.25) is 0 Å². The molecule has 2 heterocycles. The van der Waals surface area contributed by atoms with E-state index in [0.29, 0.717) is 6.04 Å². The molecule has 1 aromatic rings. The molecule has 0 amide bonds. The molecule has 17 heavy (non-hydrogen) atoms. The molecule has 5 nitrogen and oxygen atoms in total. The van der Waals surface area contributed by atoms with Gasteiger partial charge in [-0.25, -0.2) is 9.97 Å². The van der Waals surface area contributed by atoms with Crippen molar-refractivity contribution in [3.8, 4) is 0 Å². The largest absolute Gasteiger partial charge is 0.373 e. The van der Waals surface area contributed by atoms with E-state index in [-0.39, 0.29) is 0 Å². The van der Waals surface area contributed by atoms with Crippen LogP contribution in [0.3, 0.4) is 0 Å². The Morgan fingerprint density at radius 1 is 1.35 bits per heavy atom. The molecule has 1 unspecified atom stereocenters. The lowest BCUT2D eigenvalue weighted by molar-refractivity contribution is 0.233. The Morgan fingerprint density at radius 3 is 2.76 bits per heavy atom. The normalized spacial score (nSPS) is 21.6. The number of likely N-dealkylation sites (N-methyl/N-ethyl adjacent to an activating group) is 1. The van der Waals surface area contributed by atoms with E-state index in [0.717, 1.165) is 37.1 Å². The topological polar surface area (TPSA) is 44.3 Å². The first-order valence-corrected chi connectivity index (χ1v) is 6.09. The number of anilines is 2. The molecule has 94 valence electrons. The number of nitrogens with one attached hydrogen (secondary N) is 1. The summed E-state index contributed by atoms with van der Waals surface area (Å²) in [7, 11) is 4.06. The van der Waals surface area contributed by atoms with Gasteiger partial charge in [-0.1, -0.05) is 0 Å². The Kier molecular flexibility index (Phi) is 3.47. The van der Waals surface area contributed by atoms with E-state index in [1.54, 1.807) is 0 Å². The van der Waals surface area contributed by atoms with E-state index >= 15 is 0 Å². The van der Waals surface area contributed by atoms with Gasteiger partial charge < -0.3 is 15.1 Å². The summed E-state index contributed by atoms with van der Waals surface area (Å²) in [5, 5.41) is 3.08. The smallest absolute Gasteiger partial charge is 0.134 e. The zero-order valence-corrected chi connectivity index (χ0v) is 11.1. The lowest BCUT2D eigenvalue weighted by Gasteiger charge is -2.38. The molecular formula is C12H21N5. The first kappa shape index (κ1) is 12.1. The van der Waals surface area contributed by atoms with Crippen molar-refractivity contribution in [2.24, 2.45) is 0 Å². The summed E-state index contributed by atoms with van der Waals surface area (Å²) >= 11 is 0. The van der Waals surface area contributed by atoms with Gasteiger partial charge in [0.15, 0.2) is 0 Å². The SMILES string of the molecule is CNc1cc(N2CCN(C)C(C)C2)nc(C)n1. The molecule has 0 bridgehead atoms. The number of rotatable bonds is 2. The third kappa shape index (κ3) is 2.66. The zero-order valence-electron chi connectivity index (χ0n) is 11.1. The Morgan fingerprint density at radius 2 is 2.12 bits per heavy atom. The predicted octanol–water partition coefficient (Wildman–Crippen LogP) is 0.967. The molecule has 5 heteroatoms. The average Bonchev–Trinajstić information content (AvgIpc) is 2.32. The minimum atomic E-state index is 0.567. The van der Waals surface area contributed by atoms with Crippen molar-refractivity contribution >= 4 is 11.6 Å². The Balaban J connectivity index is 2.19. The first-order valence-electron chi connectivity index (χ1n) is 6.09. The van der Waals surface area contributed by atoms with Crippen LogP contribution in [0.5, 0.6) is 0 Å². The fourth-order valence-electron chi connectivity index (χ4n) is 2.10. The predicted molar refractivity (Wildman–Crippen MR) is 70.6 cm³/mol. The molecule has 0 aliphatic carbocycles. The summed E-state index contributed by atoms with van der Waals surface area (Å²) in [5.41, 5.74) is 0. The highest BCUT2D eigenvalue weighted by Gasteiger charge is 2.22. The number of nitrogens with zero attached hydrogens (tertiary/aromatic N) is 4. The molecule has 2 rings (SSSR count). The fourth-order valence-corrected chi connectivity index (χ4v) is 2.10. The van der Waals surface area contributed by atoms with Crippen molar-refractivity contribution in [1.29, 1.82) is 0 Å². The molecule has 0 spiro atoms. The molecule has 1 aliphatic heterocycles. The van der Waals surface area contributed by atoms with Gasteiger partial charge in [-0.3, -0.25) is 0 Å².